The van der Waals surface area contributed by atoms with E-state index in [2.05, 4.69) is 10.3 Å². The van der Waals surface area contributed by atoms with E-state index in [4.69, 9.17) is 4.74 Å². The van der Waals surface area contributed by atoms with Crippen molar-refractivity contribution in [3.05, 3.63) is 24.4 Å². The molecule has 0 radical (unpaired) electrons. The molecule has 0 aliphatic carbocycles. The van der Waals surface area contributed by atoms with Crippen LogP contribution in [-0.4, -0.2) is 24.7 Å². The summed E-state index contributed by atoms with van der Waals surface area (Å²) in [6.07, 6.45) is 6.85. The molecule has 1 fully saturated rings. The first kappa shape index (κ1) is 11.4. The van der Waals surface area contributed by atoms with Crippen LogP contribution in [0.5, 0.6) is 5.88 Å². The zero-order valence-corrected chi connectivity index (χ0v) is 9.69. The number of hydrogen-bond acceptors (Lipinski definition) is 3. The van der Waals surface area contributed by atoms with Gasteiger partial charge in [0.15, 0.2) is 0 Å². The number of hydrogen-bond donors (Lipinski definition) is 1. The molecular weight excluding hydrogens is 200 g/mol. The van der Waals surface area contributed by atoms with Crippen LogP contribution in [0.3, 0.4) is 0 Å². The van der Waals surface area contributed by atoms with Crippen molar-refractivity contribution in [2.45, 2.75) is 25.7 Å². The summed E-state index contributed by atoms with van der Waals surface area (Å²) < 4.78 is 5.57. The summed E-state index contributed by atoms with van der Waals surface area (Å²) >= 11 is 0. The van der Waals surface area contributed by atoms with Crippen molar-refractivity contribution in [1.29, 1.82) is 0 Å². The maximum Gasteiger partial charge on any atom is 0.213 e. The molecule has 1 aliphatic heterocycles. The first-order valence-electron chi connectivity index (χ1n) is 6.20. The van der Waals surface area contributed by atoms with E-state index in [1.165, 1.54) is 32.4 Å². The summed E-state index contributed by atoms with van der Waals surface area (Å²) in [6, 6.07) is 5.76. The van der Waals surface area contributed by atoms with E-state index >= 15 is 0 Å². The number of rotatable bonds is 5. The topological polar surface area (TPSA) is 34.1 Å². The maximum absolute atomic E-state index is 5.57. The Morgan fingerprint density at radius 2 is 2.44 bits per heavy atom. The maximum atomic E-state index is 5.57. The average molecular weight is 220 g/mol. The number of pyridine rings is 1. The van der Waals surface area contributed by atoms with Crippen LogP contribution in [0.2, 0.25) is 0 Å². The van der Waals surface area contributed by atoms with Gasteiger partial charge in [-0.15, -0.1) is 0 Å². The molecule has 1 aromatic heterocycles. The second kappa shape index (κ2) is 6.48. The van der Waals surface area contributed by atoms with Gasteiger partial charge in [0.25, 0.3) is 0 Å². The molecule has 1 aromatic rings. The molecule has 0 unspecified atom stereocenters. The van der Waals surface area contributed by atoms with Crippen molar-refractivity contribution in [2.24, 2.45) is 5.92 Å². The largest absolute Gasteiger partial charge is 0.478 e. The van der Waals surface area contributed by atoms with Crippen molar-refractivity contribution in [3.63, 3.8) is 0 Å². The number of aromatic nitrogens is 1. The summed E-state index contributed by atoms with van der Waals surface area (Å²) in [5, 5.41) is 3.44. The average Bonchev–Trinajstić information content (AvgIpc) is 2.37. The molecule has 3 nitrogen and oxygen atoms in total. The standard InChI is InChI=1S/C13H20N2O/c1-2-9-15-13(7-1)16-10-4-6-12-5-3-8-14-11-12/h1-2,7,9,12,14H,3-6,8,10-11H2/t12-/m1/s1. The van der Waals surface area contributed by atoms with E-state index in [-0.39, 0.29) is 0 Å². The lowest BCUT2D eigenvalue weighted by atomic mass is 9.95. The van der Waals surface area contributed by atoms with E-state index in [0.29, 0.717) is 0 Å². The molecule has 0 aromatic carbocycles. The monoisotopic (exact) mass is 220 g/mol. The normalized spacial score (nSPS) is 20.6. The Balaban J connectivity index is 1.58. The van der Waals surface area contributed by atoms with Gasteiger partial charge in [-0.25, -0.2) is 4.98 Å². The van der Waals surface area contributed by atoms with E-state index in [1.807, 2.05) is 18.2 Å². The lowest BCUT2D eigenvalue weighted by molar-refractivity contribution is 0.268. The number of ether oxygens (including phenoxy) is 1. The third kappa shape index (κ3) is 3.81. The van der Waals surface area contributed by atoms with E-state index < -0.39 is 0 Å². The Morgan fingerprint density at radius 1 is 1.44 bits per heavy atom. The van der Waals surface area contributed by atoms with Crippen molar-refractivity contribution >= 4 is 0 Å². The molecular formula is C13H20N2O. The number of nitrogens with zero attached hydrogens (tertiary/aromatic N) is 1. The van der Waals surface area contributed by atoms with Gasteiger partial charge in [-0.05, 0) is 50.8 Å². The molecule has 3 heteroatoms. The summed E-state index contributed by atoms with van der Waals surface area (Å²) in [6.45, 7) is 3.16. The zero-order chi connectivity index (χ0) is 11.1. The van der Waals surface area contributed by atoms with Gasteiger partial charge in [0.05, 0.1) is 6.61 Å². The van der Waals surface area contributed by atoms with Crippen LogP contribution >= 0.6 is 0 Å². The predicted molar refractivity (Wildman–Crippen MR) is 64.6 cm³/mol. The van der Waals surface area contributed by atoms with Crippen LogP contribution < -0.4 is 10.1 Å². The molecule has 1 saturated heterocycles. The quantitative estimate of drug-likeness (QED) is 0.773. The number of nitrogens with one attached hydrogen (secondary N) is 1. The molecule has 0 amide bonds. The van der Waals surface area contributed by atoms with Crippen LogP contribution in [0.25, 0.3) is 0 Å². The summed E-state index contributed by atoms with van der Waals surface area (Å²) in [7, 11) is 0. The highest BCUT2D eigenvalue weighted by atomic mass is 16.5. The van der Waals surface area contributed by atoms with Crippen LogP contribution in [0.15, 0.2) is 24.4 Å². The minimum atomic E-state index is 0.740. The highest BCUT2D eigenvalue weighted by Crippen LogP contribution is 2.16. The van der Waals surface area contributed by atoms with E-state index in [9.17, 15) is 0 Å². The molecule has 0 saturated carbocycles. The third-order valence-electron chi connectivity index (χ3n) is 3.04. The van der Waals surface area contributed by atoms with Crippen molar-refractivity contribution in [3.8, 4) is 5.88 Å². The van der Waals surface area contributed by atoms with Crippen molar-refractivity contribution in [1.82, 2.24) is 10.3 Å². The SMILES string of the molecule is c1ccc(OCCC[C@H]2CCCNC2)nc1. The lowest BCUT2D eigenvalue weighted by Crippen LogP contribution is -2.29. The van der Waals surface area contributed by atoms with Gasteiger partial charge in [0.1, 0.15) is 0 Å². The Morgan fingerprint density at radius 3 is 3.19 bits per heavy atom. The van der Waals surface area contributed by atoms with Crippen LogP contribution in [0.1, 0.15) is 25.7 Å². The fourth-order valence-corrected chi connectivity index (χ4v) is 2.15. The summed E-state index contributed by atoms with van der Waals surface area (Å²) in [5.41, 5.74) is 0. The van der Waals surface area contributed by atoms with Crippen LogP contribution in [-0.2, 0) is 0 Å². The van der Waals surface area contributed by atoms with E-state index in [0.717, 1.165) is 24.8 Å². The minimum Gasteiger partial charge on any atom is -0.478 e. The fraction of sp³-hybridized carbons (Fsp3) is 0.615. The highest BCUT2D eigenvalue weighted by molar-refractivity contribution is 5.08. The molecule has 2 heterocycles. The Hall–Kier alpha value is -1.09. The molecule has 0 spiro atoms. The van der Waals surface area contributed by atoms with Crippen molar-refractivity contribution < 1.29 is 4.74 Å². The van der Waals surface area contributed by atoms with Gasteiger partial charge < -0.3 is 10.1 Å². The third-order valence-corrected chi connectivity index (χ3v) is 3.04. The lowest BCUT2D eigenvalue weighted by Gasteiger charge is -2.22. The molecule has 1 atom stereocenters. The summed E-state index contributed by atoms with van der Waals surface area (Å²) in [4.78, 5) is 4.13. The predicted octanol–water partition coefficient (Wildman–Crippen LogP) is 2.24. The Bertz CT molecular complexity index is 283. The van der Waals surface area contributed by atoms with Gasteiger partial charge in [-0.3, -0.25) is 0 Å². The molecule has 2 rings (SSSR count). The first-order chi connectivity index (χ1) is 7.95. The van der Waals surface area contributed by atoms with Gasteiger partial charge in [0, 0.05) is 12.3 Å². The Labute approximate surface area is 97.2 Å². The smallest absolute Gasteiger partial charge is 0.213 e. The molecule has 1 N–H and O–H groups in total. The minimum absolute atomic E-state index is 0.740. The van der Waals surface area contributed by atoms with Gasteiger partial charge in [0.2, 0.25) is 5.88 Å². The fourth-order valence-electron chi connectivity index (χ4n) is 2.15. The van der Waals surface area contributed by atoms with Crippen molar-refractivity contribution in [2.75, 3.05) is 19.7 Å². The van der Waals surface area contributed by atoms with Gasteiger partial charge in [-0.2, -0.15) is 0 Å². The second-order valence-corrected chi connectivity index (χ2v) is 4.37. The Kier molecular flexibility index (Phi) is 4.62. The first-order valence-corrected chi connectivity index (χ1v) is 6.20. The molecule has 88 valence electrons. The van der Waals surface area contributed by atoms with Gasteiger partial charge >= 0.3 is 0 Å². The number of piperidine rings is 1. The van der Waals surface area contributed by atoms with E-state index in [1.54, 1.807) is 6.20 Å². The zero-order valence-electron chi connectivity index (χ0n) is 9.69. The highest BCUT2D eigenvalue weighted by Gasteiger charge is 2.11. The molecule has 1 aliphatic rings. The summed E-state index contributed by atoms with van der Waals surface area (Å²) in [5.74, 6) is 1.59. The van der Waals surface area contributed by atoms with Gasteiger partial charge in [-0.1, -0.05) is 6.07 Å². The second-order valence-electron chi connectivity index (χ2n) is 4.37. The van der Waals surface area contributed by atoms with Crippen LogP contribution in [0.4, 0.5) is 0 Å². The molecule has 16 heavy (non-hydrogen) atoms. The molecule has 0 bridgehead atoms. The van der Waals surface area contributed by atoms with Crippen LogP contribution in [0, 0.1) is 5.92 Å².